The molecule has 1 aromatic carbocycles. The van der Waals surface area contributed by atoms with Gasteiger partial charge in [-0.2, -0.15) is 0 Å². The van der Waals surface area contributed by atoms with Gasteiger partial charge in [-0.05, 0) is 51.0 Å². The van der Waals surface area contributed by atoms with E-state index in [0.717, 1.165) is 18.6 Å². The molecule has 0 aliphatic heterocycles. The molecule has 0 fully saturated rings. The fourth-order valence-corrected chi connectivity index (χ4v) is 1.34. The lowest BCUT2D eigenvalue weighted by molar-refractivity contribution is 0.131. The van der Waals surface area contributed by atoms with E-state index in [1.54, 1.807) is 0 Å². The fourth-order valence-electron chi connectivity index (χ4n) is 1.34. The number of rotatable bonds is 3. The van der Waals surface area contributed by atoms with E-state index in [2.05, 4.69) is 39.8 Å². The van der Waals surface area contributed by atoms with Crippen LogP contribution < -0.4 is 4.74 Å². The van der Waals surface area contributed by atoms with Crippen molar-refractivity contribution in [1.29, 1.82) is 0 Å². The normalized spacial score (nSPS) is 11.4. The Morgan fingerprint density at radius 3 is 2.57 bits per heavy atom. The summed E-state index contributed by atoms with van der Waals surface area (Å²) in [5.74, 6) is 0.920. The summed E-state index contributed by atoms with van der Waals surface area (Å²) in [4.78, 5) is 0. The number of benzene rings is 1. The summed E-state index contributed by atoms with van der Waals surface area (Å²) in [6, 6.07) is 9.13. The van der Waals surface area contributed by atoms with E-state index in [0.29, 0.717) is 0 Å². The molecule has 77 valence electrons. The van der Waals surface area contributed by atoms with E-state index >= 15 is 0 Å². The van der Waals surface area contributed by atoms with Gasteiger partial charge in [0.2, 0.25) is 0 Å². The van der Waals surface area contributed by atoms with Gasteiger partial charge in [-0.3, -0.25) is 0 Å². The summed E-state index contributed by atoms with van der Waals surface area (Å²) in [5.41, 5.74) is 1.17. The highest BCUT2D eigenvalue weighted by molar-refractivity contribution is 5.28. The maximum Gasteiger partial charge on any atom is 0.120 e. The van der Waals surface area contributed by atoms with Crippen molar-refractivity contribution in [3.63, 3.8) is 0 Å². The minimum absolute atomic E-state index is 0.126. The quantitative estimate of drug-likeness (QED) is 0.709. The minimum atomic E-state index is -0.126. The zero-order chi connectivity index (χ0) is 10.6. The summed E-state index contributed by atoms with van der Waals surface area (Å²) in [7, 11) is 0. The van der Waals surface area contributed by atoms with Gasteiger partial charge >= 0.3 is 0 Å². The molecule has 0 unspecified atom stereocenters. The standard InChI is InChI=1S/C13H19O/c1-5-7-11-8-6-9-12(10-11)14-13(2,3)4/h8-10H,5,7H2,1-4H3. The minimum Gasteiger partial charge on any atom is -0.488 e. The molecule has 14 heavy (non-hydrogen) atoms. The first kappa shape index (κ1) is 11.1. The van der Waals surface area contributed by atoms with Gasteiger partial charge in [0.25, 0.3) is 0 Å². The molecule has 0 spiro atoms. The van der Waals surface area contributed by atoms with Crippen molar-refractivity contribution >= 4 is 0 Å². The SMILES string of the molecule is CCCc1c[c]cc(OC(C)(C)C)c1. The largest absolute Gasteiger partial charge is 0.488 e. The van der Waals surface area contributed by atoms with Crippen LogP contribution in [-0.4, -0.2) is 5.60 Å². The third kappa shape index (κ3) is 3.82. The molecule has 1 rings (SSSR count). The Labute approximate surface area is 87.1 Å². The van der Waals surface area contributed by atoms with Crippen molar-refractivity contribution < 1.29 is 4.74 Å². The van der Waals surface area contributed by atoms with Crippen molar-refractivity contribution in [3.05, 3.63) is 29.8 Å². The van der Waals surface area contributed by atoms with Crippen molar-refractivity contribution in [3.8, 4) is 5.75 Å². The van der Waals surface area contributed by atoms with E-state index in [4.69, 9.17) is 4.74 Å². The second kappa shape index (κ2) is 4.50. The van der Waals surface area contributed by atoms with Crippen LogP contribution in [0.2, 0.25) is 0 Å². The topological polar surface area (TPSA) is 9.23 Å². The molecule has 0 bridgehead atoms. The van der Waals surface area contributed by atoms with Crippen molar-refractivity contribution in [1.82, 2.24) is 0 Å². The van der Waals surface area contributed by atoms with Crippen molar-refractivity contribution in [2.75, 3.05) is 0 Å². The van der Waals surface area contributed by atoms with Crippen molar-refractivity contribution in [2.45, 2.75) is 46.1 Å². The summed E-state index contributed by atoms with van der Waals surface area (Å²) in [6.07, 6.45) is 2.25. The lowest BCUT2D eigenvalue weighted by Crippen LogP contribution is -2.22. The van der Waals surface area contributed by atoms with E-state index in [9.17, 15) is 0 Å². The molecule has 0 saturated carbocycles. The molecule has 0 aromatic heterocycles. The Balaban J connectivity index is 2.73. The van der Waals surface area contributed by atoms with Crippen LogP contribution >= 0.6 is 0 Å². The molecular weight excluding hydrogens is 172 g/mol. The van der Waals surface area contributed by atoms with Crippen LogP contribution in [0.25, 0.3) is 0 Å². The molecule has 0 N–H and O–H groups in total. The monoisotopic (exact) mass is 191 g/mol. The number of hydrogen-bond donors (Lipinski definition) is 0. The Kier molecular flexibility index (Phi) is 3.56. The van der Waals surface area contributed by atoms with Crippen molar-refractivity contribution in [2.24, 2.45) is 0 Å². The first-order valence-corrected chi connectivity index (χ1v) is 5.20. The van der Waals surface area contributed by atoms with Gasteiger partial charge in [0.1, 0.15) is 11.4 Å². The molecule has 0 heterocycles. The average molecular weight is 191 g/mol. The Hall–Kier alpha value is -0.980. The summed E-state index contributed by atoms with van der Waals surface area (Å²) in [5, 5.41) is 0. The highest BCUT2D eigenvalue weighted by Crippen LogP contribution is 2.19. The Bertz CT molecular complexity index is 284. The molecule has 1 heteroatoms. The highest BCUT2D eigenvalue weighted by Gasteiger charge is 2.11. The number of hydrogen-bond acceptors (Lipinski definition) is 1. The maximum absolute atomic E-state index is 5.76. The summed E-state index contributed by atoms with van der Waals surface area (Å²) < 4.78 is 5.76. The molecule has 0 atom stereocenters. The van der Waals surface area contributed by atoms with E-state index in [1.807, 2.05) is 12.1 Å². The van der Waals surface area contributed by atoms with Crippen LogP contribution in [0.3, 0.4) is 0 Å². The number of ether oxygens (including phenoxy) is 1. The molecule has 0 saturated heterocycles. The van der Waals surface area contributed by atoms with Crippen LogP contribution in [0.4, 0.5) is 0 Å². The molecule has 0 aliphatic carbocycles. The number of aryl methyl sites for hydroxylation is 1. The summed E-state index contributed by atoms with van der Waals surface area (Å²) >= 11 is 0. The molecule has 0 aliphatic rings. The first-order chi connectivity index (χ1) is 6.51. The van der Waals surface area contributed by atoms with Gasteiger partial charge in [0.05, 0.1) is 0 Å². The highest BCUT2D eigenvalue weighted by atomic mass is 16.5. The second-order valence-corrected chi connectivity index (χ2v) is 4.54. The Morgan fingerprint density at radius 2 is 2.00 bits per heavy atom. The third-order valence-corrected chi connectivity index (χ3v) is 1.78. The van der Waals surface area contributed by atoms with Gasteiger partial charge in [-0.15, -0.1) is 0 Å². The lowest BCUT2D eigenvalue weighted by atomic mass is 10.1. The van der Waals surface area contributed by atoms with Crippen LogP contribution in [0.15, 0.2) is 18.2 Å². The van der Waals surface area contributed by atoms with Crippen LogP contribution in [-0.2, 0) is 6.42 Å². The lowest BCUT2D eigenvalue weighted by Gasteiger charge is -2.21. The molecule has 0 amide bonds. The first-order valence-electron chi connectivity index (χ1n) is 5.20. The van der Waals surface area contributed by atoms with Gasteiger partial charge in [-0.25, -0.2) is 0 Å². The second-order valence-electron chi connectivity index (χ2n) is 4.54. The van der Waals surface area contributed by atoms with E-state index < -0.39 is 0 Å². The predicted octanol–water partition coefficient (Wildman–Crippen LogP) is 3.62. The van der Waals surface area contributed by atoms with Gasteiger partial charge < -0.3 is 4.74 Å². The molecule has 1 aromatic rings. The summed E-state index contributed by atoms with van der Waals surface area (Å²) in [6.45, 7) is 8.34. The zero-order valence-corrected chi connectivity index (χ0v) is 9.55. The Morgan fingerprint density at radius 1 is 1.29 bits per heavy atom. The molecule has 1 radical (unpaired) electrons. The van der Waals surface area contributed by atoms with Gasteiger partial charge in [0.15, 0.2) is 0 Å². The smallest absolute Gasteiger partial charge is 0.120 e. The fraction of sp³-hybridized carbons (Fsp3) is 0.538. The van der Waals surface area contributed by atoms with Gasteiger partial charge in [0, 0.05) is 0 Å². The molecular formula is C13H19O. The third-order valence-electron chi connectivity index (χ3n) is 1.78. The zero-order valence-electron chi connectivity index (χ0n) is 9.55. The van der Waals surface area contributed by atoms with E-state index in [1.165, 1.54) is 5.56 Å². The van der Waals surface area contributed by atoms with E-state index in [-0.39, 0.29) is 5.60 Å². The molecule has 1 nitrogen and oxygen atoms in total. The van der Waals surface area contributed by atoms with Gasteiger partial charge in [-0.1, -0.05) is 19.4 Å². The van der Waals surface area contributed by atoms with Crippen LogP contribution in [0.5, 0.6) is 5.75 Å². The van der Waals surface area contributed by atoms with Crippen LogP contribution in [0.1, 0.15) is 39.7 Å². The predicted molar refractivity (Wildman–Crippen MR) is 59.7 cm³/mol. The average Bonchev–Trinajstić information content (AvgIpc) is 2.02. The van der Waals surface area contributed by atoms with Crippen LogP contribution in [0, 0.1) is 6.07 Å². The maximum atomic E-state index is 5.76.